The van der Waals surface area contributed by atoms with Crippen LogP contribution >= 0.6 is 0 Å². The minimum absolute atomic E-state index is 0.0712. The molecule has 0 bridgehead atoms. The highest BCUT2D eigenvalue weighted by atomic mass is 16.5. The summed E-state index contributed by atoms with van der Waals surface area (Å²) in [5, 5.41) is 5.42. The van der Waals surface area contributed by atoms with E-state index in [-0.39, 0.29) is 13.0 Å². The number of aryl methyl sites for hydroxylation is 1. The van der Waals surface area contributed by atoms with Crippen molar-refractivity contribution in [2.45, 2.75) is 38.5 Å². The Balaban J connectivity index is 1.52. The van der Waals surface area contributed by atoms with Crippen molar-refractivity contribution in [1.29, 1.82) is 0 Å². The van der Waals surface area contributed by atoms with Gasteiger partial charge in [-0.1, -0.05) is 66.7 Å². The van der Waals surface area contributed by atoms with Gasteiger partial charge in [-0.05, 0) is 42.7 Å². The van der Waals surface area contributed by atoms with E-state index in [0.29, 0.717) is 11.4 Å². The summed E-state index contributed by atoms with van der Waals surface area (Å²) in [4.78, 5) is 39.1. The highest BCUT2D eigenvalue weighted by Gasteiger charge is 2.48. The first-order valence-electron chi connectivity index (χ1n) is 11.0. The van der Waals surface area contributed by atoms with Crippen molar-refractivity contribution in [2.24, 2.45) is 0 Å². The summed E-state index contributed by atoms with van der Waals surface area (Å²) in [5.74, 6) is -1.56. The van der Waals surface area contributed by atoms with Crippen molar-refractivity contribution in [3.8, 4) is 5.75 Å². The topological polar surface area (TPSA) is 93.7 Å². The fraction of sp³-hybridized carbons (Fsp3) is 0.222. The molecule has 7 nitrogen and oxygen atoms in total. The van der Waals surface area contributed by atoms with E-state index >= 15 is 0 Å². The summed E-state index contributed by atoms with van der Waals surface area (Å²) in [6, 6.07) is 22.8. The molecule has 0 aromatic heterocycles. The zero-order valence-electron chi connectivity index (χ0n) is 19.0. The van der Waals surface area contributed by atoms with E-state index in [4.69, 9.17) is 9.47 Å². The van der Waals surface area contributed by atoms with E-state index in [1.165, 1.54) is 6.92 Å². The lowest BCUT2D eigenvalue weighted by atomic mass is 9.99. The Morgan fingerprint density at radius 1 is 1.00 bits per heavy atom. The zero-order valence-corrected chi connectivity index (χ0v) is 19.0. The standard InChI is InChI=1S/C27H26N2O5/c1-18-13-14-23-21(15-18)28-25(31)27(2,34-23)26(32)29-22(16-19-9-5-3-6-10-19)24(30)33-17-20-11-7-4-8-12-20/h3-15,22H,16-17H2,1-2H3,(H,28,31)(H,29,32)/t22-,27-/m1/s1. The van der Waals surface area contributed by atoms with E-state index in [0.717, 1.165) is 16.7 Å². The number of carbonyl (C=O) groups excluding carboxylic acids is 3. The van der Waals surface area contributed by atoms with Crippen LogP contribution in [-0.4, -0.2) is 29.4 Å². The average Bonchev–Trinajstić information content (AvgIpc) is 2.84. The molecule has 3 aromatic rings. The molecular formula is C27H26N2O5. The predicted molar refractivity (Wildman–Crippen MR) is 127 cm³/mol. The zero-order chi connectivity index (χ0) is 24.1. The number of benzene rings is 3. The van der Waals surface area contributed by atoms with Crippen LogP contribution in [0.1, 0.15) is 23.6 Å². The molecule has 1 aliphatic heterocycles. The van der Waals surface area contributed by atoms with Gasteiger partial charge in [-0.25, -0.2) is 4.79 Å². The van der Waals surface area contributed by atoms with Gasteiger partial charge in [-0.2, -0.15) is 0 Å². The van der Waals surface area contributed by atoms with Crippen LogP contribution in [0.5, 0.6) is 5.75 Å². The number of amides is 2. The van der Waals surface area contributed by atoms with Crippen molar-refractivity contribution in [2.75, 3.05) is 5.32 Å². The number of esters is 1. The normalized spacial score (nSPS) is 17.5. The van der Waals surface area contributed by atoms with Crippen molar-refractivity contribution >= 4 is 23.5 Å². The third-order valence-electron chi connectivity index (χ3n) is 5.66. The third-order valence-corrected chi connectivity index (χ3v) is 5.66. The first kappa shape index (κ1) is 23.0. The van der Waals surface area contributed by atoms with Crippen LogP contribution in [0.2, 0.25) is 0 Å². The Morgan fingerprint density at radius 3 is 2.32 bits per heavy atom. The van der Waals surface area contributed by atoms with Gasteiger partial charge in [0.05, 0.1) is 5.69 Å². The van der Waals surface area contributed by atoms with Gasteiger partial charge >= 0.3 is 5.97 Å². The second-order valence-electron chi connectivity index (χ2n) is 8.40. The lowest BCUT2D eigenvalue weighted by Crippen LogP contribution is -2.61. The van der Waals surface area contributed by atoms with Gasteiger partial charge in [0.15, 0.2) is 0 Å². The molecule has 0 fully saturated rings. The predicted octanol–water partition coefficient (Wildman–Crippen LogP) is 3.56. The van der Waals surface area contributed by atoms with E-state index in [2.05, 4.69) is 10.6 Å². The number of rotatable bonds is 7. The summed E-state index contributed by atoms with van der Waals surface area (Å²) in [7, 11) is 0. The summed E-state index contributed by atoms with van der Waals surface area (Å²) < 4.78 is 11.3. The maximum absolute atomic E-state index is 13.3. The van der Waals surface area contributed by atoms with Gasteiger partial charge in [0.1, 0.15) is 18.4 Å². The van der Waals surface area contributed by atoms with Gasteiger partial charge in [-0.3, -0.25) is 9.59 Å². The fourth-order valence-electron chi connectivity index (χ4n) is 3.66. The van der Waals surface area contributed by atoms with E-state index < -0.39 is 29.4 Å². The minimum Gasteiger partial charge on any atom is -0.466 e. The highest BCUT2D eigenvalue weighted by Crippen LogP contribution is 2.34. The quantitative estimate of drug-likeness (QED) is 0.417. The maximum Gasteiger partial charge on any atom is 0.329 e. The molecule has 0 unspecified atom stereocenters. The molecule has 0 spiro atoms. The molecule has 174 valence electrons. The van der Waals surface area contributed by atoms with Gasteiger partial charge in [-0.15, -0.1) is 0 Å². The first-order valence-corrected chi connectivity index (χ1v) is 11.0. The average molecular weight is 459 g/mol. The van der Waals surface area contributed by atoms with Gasteiger partial charge in [0.2, 0.25) is 0 Å². The number of anilines is 1. The molecule has 0 aliphatic carbocycles. The summed E-state index contributed by atoms with van der Waals surface area (Å²) in [6.45, 7) is 3.35. The molecule has 34 heavy (non-hydrogen) atoms. The summed E-state index contributed by atoms with van der Waals surface area (Å²) >= 11 is 0. The second-order valence-corrected chi connectivity index (χ2v) is 8.40. The van der Waals surface area contributed by atoms with Crippen molar-refractivity contribution in [3.05, 3.63) is 95.6 Å². The van der Waals surface area contributed by atoms with Gasteiger partial charge in [0.25, 0.3) is 17.4 Å². The lowest BCUT2D eigenvalue weighted by Gasteiger charge is -2.34. The molecule has 0 radical (unpaired) electrons. The molecule has 2 N–H and O–H groups in total. The van der Waals surface area contributed by atoms with Crippen molar-refractivity contribution < 1.29 is 23.9 Å². The lowest BCUT2D eigenvalue weighted by molar-refractivity contribution is -0.154. The summed E-state index contributed by atoms with van der Waals surface area (Å²) in [6.07, 6.45) is 0.202. The fourth-order valence-corrected chi connectivity index (χ4v) is 3.66. The van der Waals surface area contributed by atoms with Crippen LogP contribution in [0.3, 0.4) is 0 Å². The van der Waals surface area contributed by atoms with Crippen molar-refractivity contribution in [1.82, 2.24) is 5.32 Å². The van der Waals surface area contributed by atoms with Gasteiger partial charge in [0, 0.05) is 6.42 Å². The number of fused-ring (bicyclic) bond motifs is 1. The number of ether oxygens (including phenoxy) is 2. The molecule has 0 saturated heterocycles. The molecular weight excluding hydrogens is 432 g/mol. The Hall–Kier alpha value is -4.13. The Labute approximate surface area is 198 Å². The first-order chi connectivity index (χ1) is 16.3. The van der Waals surface area contributed by atoms with Gasteiger partial charge < -0.3 is 20.1 Å². The van der Waals surface area contributed by atoms with Crippen LogP contribution in [-0.2, 0) is 32.1 Å². The maximum atomic E-state index is 13.3. The second kappa shape index (κ2) is 9.79. The molecule has 2 atom stereocenters. The molecule has 2 amide bonds. The van der Waals surface area contributed by atoms with Crippen LogP contribution in [0, 0.1) is 6.92 Å². The number of carbonyl (C=O) groups is 3. The molecule has 7 heteroatoms. The smallest absolute Gasteiger partial charge is 0.329 e. The summed E-state index contributed by atoms with van der Waals surface area (Å²) in [5.41, 5.74) is 1.26. The largest absolute Gasteiger partial charge is 0.466 e. The van der Waals surface area contributed by atoms with E-state index in [1.54, 1.807) is 12.1 Å². The van der Waals surface area contributed by atoms with Crippen LogP contribution in [0.25, 0.3) is 0 Å². The minimum atomic E-state index is -1.85. The highest BCUT2D eigenvalue weighted by molar-refractivity contribution is 6.15. The monoisotopic (exact) mass is 458 g/mol. The van der Waals surface area contributed by atoms with Crippen LogP contribution < -0.4 is 15.4 Å². The molecule has 1 aliphatic rings. The van der Waals surface area contributed by atoms with Crippen molar-refractivity contribution in [3.63, 3.8) is 0 Å². The number of hydrogen-bond donors (Lipinski definition) is 2. The third kappa shape index (κ3) is 5.09. The Morgan fingerprint density at radius 2 is 1.65 bits per heavy atom. The van der Waals surface area contributed by atoms with Crippen LogP contribution in [0.4, 0.5) is 5.69 Å². The number of hydrogen-bond acceptors (Lipinski definition) is 5. The number of nitrogens with one attached hydrogen (secondary N) is 2. The molecule has 4 rings (SSSR count). The van der Waals surface area contributed by atoms with E-state index in [1.807, 2.05) is 73.7 Å². The van der Waals surface area contributed by atoms with Crippen LogP contribution in [0.15, 0.2) is 78.9 Å². The molecule has 1 heterocycles. The SMILES string of the molecule is Cc1ccc2c(c1)NC(=O)[C@](C)(C(=O)N[C@H](Cc1ccccc1)C(=O)OCc1ccccc1)O2. The Bertz CT molecular complexity index is 1200. The Kier molecular flexibility index (Phi) is 6.63. The molecule has 3 aromatic carbocycles. The van der Waals surface area contributed by atoms with E-state index in [9.17, 15) is 14.4 Å². The molecule has 0 saturated carbocycles.